The summed E-state index contributed by atoms with van der Waals surface area (Å²) in [7, 11) is 0. The molecule has 0 radical (unpaired) electrons. The highest BCUT2D eigenvalue weighted by atomic mass is 35.5. The van der Waals surface area contributed by atoms with Crippen molar-refractivity contribution in [1.82, 2.24) is 9.80 Å². The lowest BCUT2D eigenvalue weighted by Gasteiger charge is -2.36. The Labute approximate surface area is 192 Å². The molecule has 0 bridgehead atoms. The zero-order valence-electron chi connectivity index (χ0n) is 17.7. The van der Waals surface area contributed by atoms with Crippen LogP contribution in [0.4, 0.5) is 22.4 Å². The van der Waals surface area contributed by atoms with E-state index in [2.05, 4.69) is 0 Å². The number of barbiturate groups is 1. The van der Waals surface area contributed by atoms with Crippen LogP contribution in [0.2, 0.25) is 5.02 Å². The van der Waals surface area contributed by atoms with Crippen LogP contribution in [0.25, 0.3) is 0 Å². The summed E-state index contributed by atoms with van der Waals surface area (Å²) in [6.45, 7) is -0.931. The summed E-state index contributed by atoms with van der Waals surface area (Å²) in [4.78, 5) is 37.3. The van der Waals surface area contributed by atoms with Crippen molar-refractivity contribution in [3.8, 4) is 0 Å². The molecular weight excluding hydrogens is 464 g/mol. The van der Waals surface area contributed by atoms with Gasteiger partial charge in [-0.2, -0.15) is 0 Å². The Kier molecular flexibility index (Phi) is 7.11. The van der Waals surface area contributed by atoms with Crippen LogP contribution in [0.15, 0.2) is 48.5 Å². The van der Waals surface area contributed by atoms with Crippen LogP contribution in [0.3, 0.4) is 0 Å². The first kappa shape index (κ1) is 24.7. The van der Waals surface area contributed by atoms with E-state index < -0.39 is 62.0 Å². The molecule has 4 amide bonds. The lowest BCUT2D eigenvalue weighted by molar-refractivity contribution is -0.149. The number of imide groups is 2. The number of aryl methyl sites for hydroxylation is 1. The zero-order chi connectivity index (χ0) is 24.4. The summed E-state index contributed by atoms with van der Waals surface area (Å²) in [6.07, 6.45) is -2.54. The van der Waals surface area contributed by atoms with Crippen molar-refractivity contribution in [2.24, 2.45) is 0 Å². The SMILES string of the molecule is Cc1cccc(CC(F)(F)CN2C(=O)CC(=O)N(CC(F)(F)Cc3cccc(Cl)c3)C2=O)c1. The van der Waals surface area contributed by atoms with Gasteiger partial charge in [-0.15, -0.1) is 0 Å². The number of amides is 4. The van der Waals surface area contributed by atoms with Crippen molar-refractivity contribution in [3.63, 3.8) is 0 Å². The Hall–Kier alpha value is -2.94. The third-order valence-electron chi connectivity index (χ3n) is 5.04. The highest BCUT2D eigenvalue weighted by molar-refractivity contribution is 6.30. The van der Waals surface area contributed by atoms with E-state index in [0.29, 0.717) is 0 Å². The summed E-state index contributed by atoms with van der Waals surface area (Å²) < 4.78 is 58.5. The first-order chi connectivity index (χ1) is 15.3. The molecule has 0 spiro atoms. The van der Waals surface area contributed by atoms with Crippen LogP contribution in [0.1, 0.15) is 23.1 Å². The number of hydrogen-bond donors (Lipinski definition) is 0. The minimum Gasteiger partial charge on any atom is -0.274 e. The molecule has 1 fully saturated rings. The Morgan fingerprint density at radius 3 is 1.79 bits per heavy atom. The number of nitrogens with zero attached hydrogens (tertiary/aromatic N) is 2. The fourth-order valence-electron chi connectivity index (χ4n) is 3.63. The third kappa shape index (κ3) is 6.54. The minimum absolute atomic E-state index is 0.161. The minimum atomic E-state index is -3.56. The first-order valence-electron chi connectivity index (χ1n) is 10.1. The van der Waals surface area contributed by atoms with Gasteiger partial charge in [0.15, 0.2) is 0 Å². The molecule has 0 atom stereocenters. The van der Waals surface area contributed by atoms with Gasteiger partial charge in [-0.25, -0.2) is 22.4 Å². The Morgan fingerprint density at radius 1 is 0.818 bits per heavy atom. The number of hydrogen-bond acceptors (Lipinski definition) is 3. The molecule has 5 nitrogen and oxygen atoms in total. The van der Waals surface area contributed by atoms with Gasteiger partial charge in [0.1, 0.15) is 6.42 Å². The Bertz CT molecular complexity index is 996. The van der Waals surface area contributed by atoms with E-state index in [1.54, 1.807) is 25.1 Å². The van der Waals surface area contributed by atoms with Crippen LogP contribution in [0, 0.1) is 6.92 Å². The molecule has 2 aromatic carbocycles. The fourth-order valence-corrected chi connectivity index (χ4v) is 3.84. The van der Waals surface area contributed by atoms with E-state index in [9.17, 15) is 31.9 Å². The van der Waals surface area contributed by atoms with E-state index in [4.69, 9.17) is 11.6 Å². The summed E-state index contributed by atoms with van der Waals surface area (Å²) in [5, 5.41) is 0.237. The molecule has 0 N–H and O–H groups in total. The van der Waals surface area contributed by atoms with Crippen molar-refractivity contribution in [2.75, 3.05) is 13.1 Å². The number of carbonyl (C=O) groups is 3. The molecule has 1 aliphatic rings. The van der Waals surface area contributed by atoms with Crippen LogP contribution in [-0.2, 0) is 22.4 Å². The molecule has 2 aromatic rings. The number of alkyl halides is 4. The molecular formula is C23H21ClF4N2O3. The topological polar surface area (TPSA) is 57.7 Å². The molecule has 3 rings (SSSR count). The first-order valence-corrected chi connectivity index (χ1v) is 10.4. The van der Waals surface area contributed by atoms with E-state index in [1.807, 2.05) is 0 Å². The summed E-state index contributed by atoms with van der Waals surface area (Å²) in [6, 6.07) is 10.6. The van der Waals surface area contributed by atoms with E-state index in [-0.39, 0.29) is 25.9 Å². The molecule has 176 valence electrons. The van der Waals surface area contributed by atoms with Gasteiger partial charge in [0, 0.05) is 17.9 Å². The third-order valence-corrected chi connectivity index (χ3v) is 5.28. The average Bonchev–Trinajstić information content (AvgIpc) is 2.68. The number of carbonyl (C=O) groups excluding carboxylic acids is 3. The number of rotatable bonds is 8. The van der Waals surface area contributed by atoms with Crippen LogP contribution < -0.4 is 0 Å². The van der Waals surface area contributed by atoms with Gasteiger partial charge in [-0.3, -0.25) is 19.4 Å². The Balaban J connectivity index is 1.73. The molecule has 1 heterocycles. The predicted octanol–water partition coefficient (Wildman–Crippen LogP) is 4.89. The standard InChI is InChI=1S/C23H21ClF4N2O3/c1-15-4-2-5-16(8-15)11-22(25,26)13-29-19(31)10-20(32)30(21(29)33)14-23(27,28)12-17-6-3-7-18(24)9-17/h2-9H,10-14H2,1H3. The van der Waals surface area contributed by atoms with Crippen molar-refractivity contribution in [2.45, 2.75) is 38.0 Å². The highest BCUT2D eigenvalue weighted by Gasteiger charge is 2.46. The Morgan fingerprint density at radius 2 is 1.30 bits per heavy atom. The molecule has 10 heteroatoms. The second kappa shape index (κ2) is 9.51. The number of halogens is 5. The summed E-state index contributed by atoms with van der Waals surface area (Å²) in [5.74, 6) is -9.39. The van der Waals surface area contributed by atoms with Crippen molar-refractivity contribution >= 4 is 29.4 Å². The number of urea groups is 1. The maximum atomic E-state index is 14.6. The van der Waals surface area contributed by atoms with Gasteiger partial charge in [0.05, 0.1) is 13.1 Å². The normalized spacial score (nSPS) is 15.4. The molecule has 1 saturated heterocycles. The monoisotopic (exact) mass is 484 g/mol. The second-order valence-corrected chi connectivity index (χ2v) is 8.54. The molecule has 0 aromatic heterocycles. The van der Waals surface area contributed by atoms with E-state index in [0.717, 1.165) is 5.56 Å². The molecule has 0 aliphatic carbocycles. The molecule has 1 aliphatic heterocycles. The number of benzene rings is 2. The van der Waals surface area contributed by atoms with Crippen molar-refractivity contribution in [1.29, 1.82) is 0 Å². The molecule has 33 heavy (non-hydrogen) atoms. The fraction of sp³-hybridized carbons (Fsp3) is 0.348. The lowest BCUT2D eigenvalue weighted by atomic mass is 10.0. The van der Waals surface area contributed by atoms with Gasteiger partial charge in [0.2, 0.25) is 11.8 Å². The van der Waals surface area contributed by atoms with Gasteiger partial charge < -0.3 is 0 Å². The zero-order valence-corrected chi connectivity index (χ0v) is 18.4. The van der Waals surface area contributed by atoms with Gasteiger partial charge in [-0.1, -0.05) is 53.6 Å². The smallest absolute Gasteiger partial charge is 0.274 e. The molecule has 0 unspecified atom stereocenters. The van der Waals surface area contributed by atoms with Crippen molar-refractivity contribution < 1.29 is 31.9 Å². The lowest BCUT2D eigenvalue weighted by Crippen LogP contribution is -2.60. The largest absolute Gasteiger partial charge is 0.333 e. The van der Waals surface area contributed by atoms with E-state index >= 15 is 0 Å². The summed E-state index contributed by atoms with van der Waals surface area (Å²) >= 11 is 5.80. The predicted molar refractivity (Wildman–Crippen MR) is 113 cm³/mol. The van der Waals surface area contributed by atoms with Gasteiger partial charge >= 0.3 is 6.03 Å². The maximum absolute atomic E-state index is 14.6. The van der Waals surface area contributed by atoms with E-state index in [1.165, 1.54) is 30.3 Å². The van der Waals surface area contributed by atoms with Gasteiger partial charge in [0.25, 0.3) is 11.8 Å². The van der Waals surface area contributed by atoms with Crippen LogP contribution in [0.5, 0.6) is 0 Å². The second-order valence-electron chi connectivity index (χ2n) is 8.10. The van der Waals surface area contributed by atoms with Gasteiger partial charge in [-0.05, 0) is 30.2 Å². The highest BCUT2D eigenvalue weighted by Crippen LogP contribution is 2.28. The van der Waals surface area contributed by atoms with Crippen LogP contribution >= 0.6 is 11.6 Å². The van der Waals surface area contributed by atoms with Crippen LogP contribution in [-0.4, -0.2) is 52.6 Å². The summed E-state index contributed by atoms with van der Waals surface area (Å²) in [5.41, 5.74) is 1.21. The molecule has 0 saturated carbocycles. The quantitative estimate of drug-likeness (QED) is 0.396. The average molecular weight is 485 g/mol. The van der Waals surface area contributed by atoms with Crippen molar-refractivity contribution in [3.05, 3.63) is 70.2 Å². The maximum Gasteiger partial charge on any atom is 0.333 e.